The van der Waals surface area contributed by atoms with Crippen LogP contribution in [0.5, 0.6) is 0 Å². The second-order valence-corrected chi connectivity index (χ2v) is 7.73. The Hall–Kier alpha value is -3.43. The summed E-state index contributed by atoms with van der Waals surface area (Å²) >= 11 is 5.81. The third-order valence-electron chi connectivity index (χ3n) is 5.18. The van der Waals surface area contributed by atoms with E-state index in [4.69, 9.17) is 23.2 Å². The van der Waals surface area contributed by atoms with Crippen molar-refractivity contribution in [2.75, 3.05) is 17.7 Å². The van der Waals surface area contributed by atoms with Crippen LogP contribution in [0.4, 0.5) is 5.82 Å². The molecule has 3 heterocycles. The molecule has 1 aromatic carbocycles. The minimum atomic E-state index is -0.664. The fraction of sp³-hybridized carbons (Fsp3) is 0.238. The van der Waals surface area contributed by atoms with Crippen molar-refractivity contribution in [1.29, 1.82) is 0 Å². The molecule has 1 aliphatic heterocycles. The second-order valence-electron chi connectivity index (χ2n) is 7.30. The molecule has 1 atom stereocenters. The van der Waals surface area contributed by atoms with Gasteiger partial charge in [-0.1, -0.05) is 30.2 Å². The Morgan fingerprint density at radius 3 is 2.55 bits per heavy atom. The topological polar surface area (TPSA) is 141 Å². The number of carbonyl (C=O) groups excluding carboxylic acids is 2. The lowest BCUT2D eigenvalue weighted by Gasteiger charge is -2.22. The summed E-state index contributed by atoms with van der Waals surface area (Å²) in [6.07, 6.45) is 4.47. The highest BCUT2D eigenvalue weighted by molar-refractivity contribution is 6.30. The van der Waals surface area contributed by atoms with Crippen molar-refractivity contribution < 1.29 is 9.59 Å². The SMILES string of the molecule is NC(=O)c1c(-c2ccc(C(=O)Nc3ccc(Cl)cn3)cc2)nc([C@@H]2CCCCN2)n1N. The first-order valence-corrected chi connectivity index (χ1v) is 10.3. The van der Waals surface area contributed by atoms with Gasteiger partial charge in [0, 0.05) is 17.3 Å². The van der Waals surface area contributed by atoms with Crippen molar-refractivity contribution >= 4 is 29.2 Å². The smallest absolute Gasteiger partial charge is 0.269 e. The van der Waals surface area contributed by atoms with E-state index in [0.717, 1.165) is 25.8 Å². The largest absolute Gasteiger partial charge is 0.364 e. The fourth-order valence-corrected chi connectivity index (χ4v) is 3.73. The molecule has 0 spiro atoms. The minimum Gasteiger partial charge on any atom is -0.364 e. The van der Waals surface area contributed by atoms with Crippen LogP contribution >= 0.6 is 11.6 Å². The molecule has 0 bridgehead atoms. The zero-order valence-corrected chi connectivity index (χ0v) is 17.4. The Labute approximate surface area is 183 Å². The molecule has 0 radical (unpaired) electrons. The summed E-state index contributed by atoms with van der Waals surface area (Å²) < 4.78 is 1.27. The highest BCUT2D eigenvalue weighted by Gasteiger charge is 2.27. The molecule has 0 aliphatic carbocycles. The van der Waals surface area contributed by atoms with Crippen LogP contribution in [0, 0.1) is 0 Å². The van der Waals surface area contributed by atoms with Gasteiger partial charge < -0.3 is 22.2 Å². The molecular formula is C21H22ClN7O2. The Kier molecular flexibility index (Phi) is 5.88. The molecule has 160 valence electrons. The highest BCUT2D eigenvalue weighted by Crippen LogP contribution is 2.29. The van der Waals surface area contributed by atoms with Gasteiger partial charge in [-0.15, -0.1) is 0 Å². The number of carbonyl (C=O) groups is 2. The van der Waals surface area contributed by atoms with Crippen LogP contribution < -0.4 is 22.2 Å². The van der Waals surface area contributed by atoms with Gasteiger partial charge in [0.1, 0.15) is 17.3 Å². The number of hydrogen-bond acceptors (Lipinski definition) is 6. The van der Waals surface area contributed by atoms with Gasteiger partial charge in [-0.05, 0) is 43.7 Å². The van der Waals surface area contributed by atoms with E-state index in [9.17, 15) is 9.59 Å². The van der Waals surface area contributed by atoms with E-state index in [1.807, 2.05) is 0 Å². The predicted octanol–water partition coefficient (Wildman–Crippen LogP) is 2.48. The van der Waals surface area contributed by atoms with Gasteiger partial charge in [0.15, 0.2) is 5.69 Å². The zero-order valence-electron chi connectivity index (χ0n) is 16.6. The summed E-state index contributed by atoms with van der Waals surface area (Å²) in [4.78, 5) is 33.3. The molecule has 1 saturated heterocycles. The number of aromatic nitrogens is 3. The van der Waals surface area contributed by atoms with E-state index in [-0.39, 0.29) is 17.6 Å². The highest BCUT2D eigenvalue weighted by atomic mass is 35.5. The van der Waals surface area contributed by atoms with Crippen LogP contribution in [-0.2, 0) is 0 Å². The predicted molar refractivity (Wildman–Crippen MR) is 118 cm³/mol. The lowest BCUT2D eigenvalue weighted by molar-refractivity contribution is 0.0991. The zero-order chi connectivity index (χ0) is 22.0. The molecule has 2 amide bonds. The maximum absolute atomic E-state index is 12.5. The van der Waals surface area contributed by atoms with Crippen LogP contribution in [-0.4, -0.2) is 33.0 Å². The number of rotatable bonds is 5. The summed E-state index contributed by atoms with van der Waals surface area (Å²) in [5.41, 5.74) is 7.17. The molecule has 10 heteroatoms. The van der Waals surface area contributed by atoms with E-state index >= 15 is 0 Å². The molecule has 9 nitrogen and oxygen atoms in total. The van der Waals surface area contributed by atoms with Crippen LogP contribution in [0.1, 0.15) is 52.0 Å². The van der Waals surface area contributed by atoms with Crippen LogP contribution in [0.2, 0.25) is 5.02 Å². The maximum atomic E-state index is 12.5. The standard InChI is InChI=1S/C21H22ClN7O2/c22-14-8-9-16(26-11-14)27-21(31)13-6-4-12(5-7-13)17-18(19(23)30)29(24)20(28-17)15-3-1-2-10-25-15/h4-9,11,15,25H,1-3,10,24H2,(H2,23,30)(H,26,27,31)/t15-/m0/s1. The Balaban J connectivity index is 1.60. The molecule has 1 aliphatic rings. The number of halogens is 1. The van der Waals surface area contributed by atoms with Crippen molar-refractivity contribution in [3.63, 3.8) is 0 Å². The first-order chi connectivity index (χ1) is 14.9. The van der Waals surface area contributed by atoms with E-state index < -0.39 is 5.91 Å². The lowest BCUT2D eigenvalue weighted by atomic mass is 10.0. The van der Waals surface area contributed by atoms with Gasteiger partial charge in [0.2, 0.25) is 0 Å². The van der Waals surface area contributed by atoms with Crippen LogP contribution in [0.3, 0.4) is 0 Å². The number of pyridine rings is 1. The second kappa shape index (κ2) is 8.75. The van der Waals surface area contributed by atoms with Crippen molar-refractivity contribution in [3.8, 4) is 11.3 Å². The van der Waals surface area contributed by atoms with E-state index in [2.05, 4.69) is 20.6 Å². The fourth-order valence-electron chi connectivity index (χ4n) is 3.62. The third kappa shape index (κ3) is 4.37. The summed E-state index contributed by atoms with van der Waals surface area (Å²) in [5.74, 6) is 6.15. The van der Waals surface area contributed by atoms with Crippen molar-refractivity contribution in [1.82, 2.24) is 20.0 Å². The number of anilines is 1. The van der Waals surface area contributed by atoms with E-state index in [0.29, 0.717) is 33.5 Å². The Morgan fingerprint density at radius 2 is 1.94 bits per heavy atom. The number of benzene rings is 1. The van der Waals surface area contributed by atoms with Gasteiger partial charge >= 0.3 is 0 Å². The molecule has 31 heavy (non-hydrogen) atoms. The third-order valence-corrected chi connectivity index (χ3v) is 5.41. The molecular weight excluding hydrogens is 418 g/mol. The average molecular weight is 440 g/mol. The van der Waals surface area contributed by atoms with Crippen molar-refractivity contribution in [2.24, 2.45) is 5.73 Å². The number of piperidine rings is 1. The van der Waals surface area contributed by atoms with Gasteiger partial charge in [-0.3, -0.25) is 9.59 Å². The van der Waals surface area contributed by atoms with Gasteiger partial charge in [0.05, 0.1) is 11.1 Å². The number of hydrogen-bond donors (Lipinski definition) is 4. The first kappa shape index (κ1) is 20.8. The molecule has 0 unspecified atom stereocenters. The van der Waals surface area contributed by atoms with E-state index in [1.54, 1.807) is 36.4 Å². The van der Waals surface area contributed by atoms with Crippen molar-refractivity contribution in [3.05, 3.63) is 64.7 Å². The molecule has 4 rings (SSSR count). The quantitative estimate of drug-likeness (QED) is 0.450. The lowest BCUT2D eigenvalue weighted by Crippen LogP contribution is -2.32. The van der Waals surface area contributed by atoms with Crippen molar-refractivity contribution in [2.45, 2.75) is 25.3 Å². The van der Waals surface area contributed by atoms with Gasteiger partial charge in [-0.25, -0.2) is 14.6 Å². The normalized spacial score (nSPS) is 16.1. The summed E-state index contributed by atoms with van der Waals surface area (Å²) in [7, 11) is 0. The number of primary amides is 1. The number of imidazole rings is 1. The van der Waals surface area contributed by atoms with Crippen LogP contribution in [0.15, 0.2) is 42.6 Å². The van der Waals surface area contributed by atoms with Gasteiger partial charge in [0.25, 0.3) is 11.8 Å². The Bertz CT molecular complexity index is 1100. The minimum absolute atomic E-state index is 0.0393. The number of nitrogen functional groups attached to an aromatic ring is 1. The number of nitrogens with one attached hydrogen (secondary N) is 2. The first-order valence-electron chi connectivity index (χ1n) is 9.88. The number of nitrogens with two attached hydrogens (primary N) is 2. The molecule has 2 aromatic heterocycles. The molecule has 1 fully saturated rings. The van der Waals surface area contributed by atoms with E-state index in [1.165, 1.54) is 10.9 Å². The summed E-state index contributed by atoms with van der Waals surface area (Å²) in [5, 5.41) is 6.56. The Morgan fingerprint density at radius 1 is 1.16 bits per heavy atom. The number of nitrogens with zero attached hydrogens (tertiary/aromatic N) is 3. The average Bonchev–Trinajstić information content (AvgIpc) is 3.13. The van der Waals surface area contributed by atoms with Gasteiger partial charge in [-0.2, -0.15) is 0 Å². The molecule has 3 aromatic rings. The molecule has 0 saturated carbocycles. The maximum Gasteiger partial charge on any atom is 0.269 e. The summed E-state index contributed by atoms with van der Waals surface area (Å²) in [6, 6.07) is 9.90. The van der Waals surface area contributed by atoms with Crippen LogP contribution in [0.25, 0.3) is 11.3 Å². The monoisotopic (exact) mass is 439 g/mol. The summed E-state index contributed by atoms with van der Waals surface area (Å²) in [6.45, 7) is 0.866. The number of amides is 2. The molecule has 6 N–H and O–H groups in total.